The van der Waals surface area contributed by atoms with Gasteiger partial charge in [0.15, 0.2) is 5.11 Å². The highest BCUT2D eigenvalue weighted by atomic mass is 79.9. The van der Waals surface area contributed by atoms with Crippen molar-refractivity contribution in [3.63, 3.8) is 0 Å². The topological polar surface area (TPSA) is 27.6 Å². The molecule has 86 valence electrons. The van der Waals surface area contributed by atoms with Crippen LogP contribution in [-0.2, 0) is 0 Å². The Bertz CT molecular complexity index is 375. The van der Waals surface area contributed by atoms with Crippen molar-refractivity contribution >= 4 is 45.2 Å². The molecule has 0 aromatic heterocycles. The number of thiocarbonyl (C=S) groups is 1. The first-order valence-corrected chi connectivity index (χ1v) is 6.20. The first-order valence-electron chi connectivity index (χ1n) is 5.00. The monoisotopic (exact) mass is 299 g/mol. The molecule has 0 bridgehead atoms. The first-order chi connectivity index (χ1) is 7.67. The zero-order chi connectivity index (χ0) is 12.0. The molecule has 0 unspecified atom stereocenters. The fourth-order valence-corrected chi connectivity index (χ4v) is 1.70. The van der Waals surface area contributed by atoms with Gasteiger partial charge < -0.3 is 5.32 Å². The van der Waals surface area contributed by atoms with Crippen molar-refractivity contribution in [3.8, 4) is 0 Å². The fraction of sp³-hybridized carbons (Fsp3) is 0.273. The van der Waals surface area contributed by atoms with E-state index in [4.69, 9.17) is 12.2 Å². The Morgan fingerprint density at radius 3 is 2.62 bits per heavy atom. The summed E-state index contributed by atoms with van der Waals surface area (Å²) in [6, 6.07) is 7.84. The summed E-state index contributed by atoms with van der Waals surface area (Å²) >= 11 is 8.63. The van der Waals surface area contributed by atoms with Gasteiger partial charge in [0.1, 0.15) is 0 Å². The smallest absolute Gasteiger partial charge is 0.194 e. The Morgan fingerprint density at radius 2 is 2.12 bits per heavy atom. The summed E-state index contributed by atoms with van der Waals surface area (Å²) < 4.78 is 1.04. The van der Waals surface area contributed by atoms with E-state index in [1.165, 1.54) is 0 Å². The second kappa shape index (κ2) is 6.60. The molecule has 3 nitrogen and oxygen atoms in total. The molecule has 0 aliphatic rings. The van der Waals surface area contributed by atoms with Crippen molar-refractivity contribution in [3.05, 3.63) is 28.7 Å². The van der Waals surface area contributed by atoms with Crippen LogP contribution in [0, 0.1) is 0 Å². The summed E-state index contributed by atoms with van der Waals surface area (Å²) in [5, 5.41) is 9.61. The number of rotatable bonds is 3. The lowest BCUT2D eigenvalue weighted by Crippen LogP contribution is -2.30. The molecule has 16 heavy (non-hydrogen) atoms. The van der Waals surface area contributed by atoms with Crippen LogP contribution in [0.1, 0.15) is 13.8 Å². The second-order valence-electron chi connectivity index (χ2n) is 3.03. The summed E-state index contributed by atoms with van der Waals surface area (Å²) in [5.41, 5.74) is 0.956. The van der Waals surface area contributed by atoms with E-state index in [0.29, 0.717) is 5.11 Å². The van der Waals surface area contributed by atoms with Crippen molar-refractivity contribution in [1.29, 1.82) is 0 Å². The number of hydrogen-bond acceptors (Lipinski definition) is 2. The summed E-state index contributed by atoms with van der Waals surface area (Å²) in [4.78, 5) is 0. The lowest BCUT2D eigenvalue weighted by molar-refractivity contribution is 0.480. The van der Waals surface area contributed by atoms with E-state index in [2.05, 4.69) is 26.3 Å². The average Bonchev–Trinajstić information content (AvgIpc) is 2.29. The average molecular weight is 300 g/mol. The molecule has 0 aliphatic heterocycles. The molecule has 0 aliphatic carbocycles. The number of nitrogens with one attached hydrogen (secondary N) is 1. The largest absolute Gasteiger partial charge is 0.331 e. The van der Waals surface area contributed by atoms with Gasteiger partial charge >= 0.3 is 0 Å². The predicted octanol–water partition coefficient (Wildman–Crippen LogP) is 3.47. The minimum absolute atomic E-state index is 0.600. The van der Waals surface area contributed by atoms with Crippen LogP contribution in [0.25, 0.3) is 0 Å². The van der Waals surface area contributed by atoms with Gasteiger partial charge in [0.25, 0.3) is 0 Å². The number of hydrogen-bond donors (Lipinski definition) is 1. The highest BCUT2D eigenvalue weighted by Gasteiger charge is 2.04. The third-order valence-electron chi connectivity index (χ3n) is 1.88. The Morgan fingerprint density at radius 1 is 1.50 bits per heavy atom. The number of halogens is 1. The van der Waals surface area contributed by atoms with Gasteiger partial charge in [0.05, 0.1) is 0 Å². The van der Waals surface area contributed by atoms with Crippen molar-refractivity contribution in [2.75, 3.05) is 11.9 Å². The van der Waals surface area contributed by atoms with Gasteiger partial charge in [0.2, 0.25) is 0 Å². The van der Waals surface area contributed by atoms with Gasteiger partial charge in [-0.1, -0.05) is 15.9 Å². The first kappa shape index (κ1) is 13.1. The fourth-order valence-electron chi connectivity index (χ4n) is 1.14. The molecule has 0 heterocycles. The third kappa shape index (κ3) is 3.90. The number of benzene rings is 1. The van der Waals surface area contributed by atoms with Gasteiger partial charge in [-0.3, -0.25) is 0 Å². The molecule has 1 aromatic rings. The number of hydrazone groups is 1. The number of nitrogens with zero attached hydrogens (tertiary/aromatic N) is 2. The molecule has 1 N–H and O–H groups in total. The summed E-state index contributed by atoms with van der Waals surface area (Å²) in [7, 11) is 0. The molecular formula is C11H14BrN3S. The van der Waals surface area contributed by atoms with Crippen molar-refractivity contribution in [1.82, 2.24) is 5.01 Å². The van der Waals surface area contributed by atoms with Gasteiger partial charge in [-0.25, -0.2) is 5.01 Å². The molecule has 1 aromatic carbocycles. The Labute approximate surface area is 110 Å². The second-order valence-corrected chi connectivity index (χ2v) is 4.33. The SMILES string of the molecule is C/C=N/N(CC)C(=S)Nc1ccc(Br)cc1. The lowest BCUT2D eigenvalue weighted by atomic mass is 10.3. The zero-order valence-corrected chi connectivity index (χ0v) is 11.7. The highest BCUT2D eigenvalue weighted by Crippen LogP contribution is 2.14. The van der Waals surface area contributed by atoms with Crippen LogP contribution in [0.2, 0.25) is 0 Å². The molecule has 0 amide bonds. The zero-order valence-electron chi connectivity index (χ0n) is 9.27. The third-order valence-corrected chi connectivity index (χ3v) is 2.73. The van der Waals surface area contributed by atoms with E-state index in [-0.39, 0.29) is 0 Å². The molecule has 0 saturated carbocycles. The lowest BCUT2D eigenvalue weighted by Gasteiger charge is -2.18. The quantitative estimate of drug-likeness (QED) is 0.526. The van der Waals surface area contributed by atoms with Crippen LogP contribution in [0.4, 0.5) is 5.69 Å². The standard InChI is InChI=1S/C11H14BrN3S/c1-3-13-15(4-2)11(16)14-10-7-5-9(12)6-8-10/h3,5-8H,4H2,1-2H3,(H,14,16)/b13-3+. The molecule has 0 spiro atoms. The molecular weight excluding hydrogens is 286 g/mol. The van der Waals surface area contributed by atoms with Crippen LogP contribution in [0.15, 0.2) is 33.8 Å². The van der Waals surface area contributed by atoms with Gasteiger partial charge in [-0.2, -0.15) is 5.10 Å². The van der Waals surface area contributed by atoms with Crippen LogP contribution >= 0.6 is 28.1 Å². The highest BCUT2D eigenvalue weighted by molar-refractivity contribution is 9.10. The van der Waals surface area contributed by atoms with Crippen LogP contribution in [0.3, 0.4) is 0 Å². The summed E-state index contributed by atoms with van der Waals surface area (Å²) in [6.07, 6.45) is 1.72. The van der Waals surface area contributed by atoms with Crippen LogP contribution in [-0.4, -0.2) is 22.9 Å². The molecule has 0 atom stereocenters. The molecule has 0 radical (unpaired) electrons. The molecule has 1 rings (SSSR count). The summed E-state index contributed by atoms with van der Waals surface area (Å²) in [5.74, 6) is 0. The van der Waals surface area contributed by atoms with E-state index < -0.39 is 0 Å². The molecule has 5 heteroatoms. The Balaban J connectivity index is 2.66. The Hall–Kier alpha value is -0.940. The number of anilines is 1. The molecule has 0 fully saturated rings. The van der Waals surface area contributed by atoms with Crippen LogP contribution in [0.5, 0.6) is 0 Å². The minimum Gasteiger partial charge on any atom is -0.331 e. The van der Waals surface area contributed by atoms with E-state index in [9.17, 15) is 0 Å². The molecule has 0 saturated heterocycles. The maximum atomic E-state index is 5.24. The van der Waals surface area contributed by atoms with Gasteiger partial charge in [-0.05, 0) is 50.3 Å². The van der Waals surface area contributed by atoms with Crippen molar-refractivity contribution < 1.29 is 0 Å². The van der Waals surface area contributed by atoms with E-state index in [1.807, 2.05) is 38.1 Å². The summed E-state index contributed by atoms with van der Waals surface area (Å²) in [6.45, 7) is 4.61. The predicted molar refractivity (Wildman–Crippen MR) is 76.9 cm³/mol. The van der Waals surface area contributed by atoms with Gasteiger partial charge in [-0.15, -0.1) is 0 Å². The normalized spacial score (nSPS) is 10.4. The Kier molecular flexibility index (Phi) is 5.42. The van der Waals surface area contributed by atoms with Crippen molar-refractivity contribution in [2.24, 2.45) is 5.10 Å². The minimum atomic E-state index is 0.600. The van der Waals surface area contributed by atoms with Crippen LogP contribution < -0.4 is 5.32 Å². The van der Waals surface area contributed by atoms with E-state index in [0.717, 1.165) is 16.7 Å². The van der Waals surface area contributed by atoms with Crippen molar-refractivity contribution in [2.45, 2.75) is 13.8 Å². The maximum Gasteiger partial charge on any atom is 0.194 e. The van der Waals surface area contributed by atoms with Gasteiger partial charge in [0, 0.05) is 22.9 Å². The van der Waals surface area contributed by atoms with E-state index >= 15 is 0 Å². The van der Waals surface area contributed by atoms with E-state index in [1.54, 1.807) is 11.2 Å². The maximum absolute atomic E-state index is 5.24.